The van der Waals surface area contributed by atoms with Gasteiger partial charge in [0.1, 0.15) is 11.9 Å². The Morgan fingerprint density at radius 3 is 2.94 bits per heavy atom. The van der Waals surface area contributed by atoms with E-state index in [1.54, 1.807) is 24.0 Å². The average Bonchev–Trinajstić information content (AvgIpc) is 2.36. The highest BCUT2D eigenvalue weighted by atomic mass is 16.5. The Labute approximate surface area is 101 Å². The number of amides is 1. The molecule has 2 rings (SSSR count). The van der Waals surface area contributed by atoms with E-state index in [1.807, 2.05) is 6.07 Å². The van der Waals surface area contributed by atoms with Gasteiger partial charge in [-0.15, -0.1) is 0 Å². The first-order valence-electron chi connectivity index (χ1n) is 5.74. The minimum Gasteiger partial charge on any atom is -0.508 e. The molecule has 1 amide bonds. The molecule has 1 aromatic carbocycles. The van der Waals surface area contributed by atoms with Crippen LogP contribution < -0.4 is 0 Å². The zero-order valence-electron chi connectivity index (χ0n) is 10.1. The fourth-order valence-corrected chi connectivity index (χ4v) is 2.09. The molecular weight excluding hydrogens is 218 g/mol. The van der Waals surface area contributed by atoms with Crippen molar-refractivity contribution in [2.75, 3.05) is 13.7 Å². The van der Waals surface area contributed by atoms with E-state index >= 15 is 0 Å². The number of nitrogens with zero attached hydrogens (tertiary/aromatic N) is 1. The van der Waals surface area contributed by atoms with Crippen LogP contribution >= 0.6 is 0 Å². The predicted octanol–water partition coefficient (Wildman–Crippen LogP) is 1.31. The highest BCUT2D eigenvalue weighted by Crippen LogP contribution is 2.23. The van der Waals surface area contributed by atoms with Crippen LogP contribution in [-0.4, -0.2) is 35.7 Å². The molecule has 0 saturated heterocycles. The predicted molar refractivity (Wildman–Crippen MR) is 63.7 cm³/mol. The fraction of sp³-hybridized carbons (Fsp3) is 0.462. The van der Waals surface area contributed by atoms with Gasteiger partial charge in [-0.25, -0.2) is 0 Å². The highest BCUT2D eigenvalue weighted by Gasteiger charge is 2.24. The molecule has 0 saturated carbocycles. The number of phenolic OH excluding ortho intramolecular Hbond substituents is 1. The lowest BCUT2D eigenvalue weighted by Crippen LogP contribution is -2.41. The van der Waals surface area contributed by atoms with Gasteiger partial charge in [0.15, 0.2) is 0 Å². The van der Waals surface area contributed by atoms with Crippen LogP contribution in [0.4, 0.5) is 0 Å². The zero-order valence-corrected chi connectivity index (χ0v) is 10.1. The van der Waals surface area contributed by atoms with Gasteiger partial charge in [-0.3, -0.25) is 4.79 Å². The molecule has 0 radical (unpaired) electrons. The SMILES string of the molecule is COC(C)C(=O)N1CCc2ccc(O)cc2C1. The Balaban J connectivity index is 2.15. The lowest BCUT2D eigenvalue weighted by Gasteiger charge is -2.30. The third kappa shape index (κ3) is 2.42. The molecule has 1 atom stereocenters. The van der Waals surface area contributed by atoms with Gasteiger partial charge in [-0.05, 0) is 36.6 Å². The summed E-state index contributed by atoms with van der Waals surface area (Å²) < 4.78 is 5.04. The number of ether oxygens (including phenoxy) is 1. The van der Waals surface area contributed by atoms with E-state index in [-0.39, 0.29) is 11.7 Å². The number of benzene rings is 1. The minimum absolute atomic E-state index is 0.00138. The van der Waals surface area contributed by atoms with Crippen molar-refractivity contribution in [2.24, 2.45) is 0 Å². The van der Waals surface area contributed by atoms with Crippen LogP contribution in [-0.2, 0) is 22.5 Å². The van der Waals surface area contributed by atoms with Gasteiger partial charge in [0.05, 0.1) is 0 Å². The van der Waals surface area contributed by atoms with Crippen molar-refractivity contribution in [3.63, 3.8) is 0 Å². The van der Waals surface area contributed by atoms with E-state index in [0.29, 0.717) is 13.1 Å². The Bertz CT molecular complexity index is 431. The van der Waals surface area contributed by atoms with E-state index in [2.05, 4.69) is 0 Å². The van der Waals surface area contributed by atoms with Gasteiger partial charge < -0.3 is 14.7 Å². The molecule has 1 unspecified atom stereocenters. The van der Waals surface area contributed by atoms with Crippen LogP contribution in [0.3, 0.4) is 0 Å². The van der Waals surface area contributed by atoms with Crippen LogP contribution in [0.1, 0.15) is 18.1 Å². The van der Waals surface area contributed by atoms with Crippen molar-refractivity contribution in [1.29, 1.82) is 0 Å². The first-order valence-corrected chi connectivity index (χ1v) is 5.74. The molecule has 4 heteroatoms. The highest BCUT2D eigenvalue weighted by molar-refractivity contribution is 5.80. The summed E-state index contributed by atoms with van der Waals surface area (Å²) in [5, 5.41) is 9.44. The maximum atomic E-state index is 12.0. The van der Waals surface area contributed by atoms with E-state index in [9.17, 15) is 9.90 Å². The lowest BCUT2D eigenvalue weighted by molar-refractivity contribution is -0.141. The molecular formula is C13H17NO3. The number of aromatic hydroxyl groups is 1. The van der Waals surface area contributed by atoms with Crippen LogP contribution in [0, 0.1) is 0 Å². The van der Waals surface area contributed by atoms with Crippen LogP contribution in [0.5, 0.6) is 5.75 Å². The van der Waals surface area contributed by atoms with Crippen molar-refractivity contribution in [3.8, 4) is 5.75 Å². The average molecular weight is 235 g/mol. The molecule has 0 aliphatic carbocycles. The van der Waals surface area contributed by atoms with Gasteiger partial charge in [0.25, 0.3) is 5.91 Å². The number of methoxy groups -OCH3 is 1. The Hall–Kier alpha value is -1.55. The molecule has 1 N–H and O–H groups in total. The fourth-order valence-electron chi connectivity index (χ4n) is 2.09. The number of rotatable bonds is 2. The van der Waals surface area contributed by atoms with Crippen molar-refractivity contribution in [3.05, 3.63) is 29.3 Å². The molecule has 0 spiro atoms. The summed E-state index contributed by atoms with van der Waals surface area (Å²) in [5.41, 5.74) is 2.23. The topological polar surface area (TPSA) is 49.8 Å². The summed E-state index contributed by atoms with van der Waals surface area (Å²) in [6.07, 6.45) is 0.423. The monoisotopic (exact) mass is 235 g/mol. The van der Waals surface area contributed by atoms with Gasteiger partial charge in [0, 0.05) is 20.2 Å². The number of carbonyl (C=O) groups excluding carboxylic acids is 1. The number of phenols is 1. The van der Waals surface area contributed by atoms with Gasteiger partial charge in [-0.2, -0.15) is 0 Å². The number of fused-ring (bicyclic) bond motifs is 1. The van der Waals surface area contributed by atoms with E-state index < -0.39 is 6.10 Å². The molecule has 92 valence electrons. The first kappa shape index (κ1) is 11.9. The number of carbonyl (C=O) groups is 1. The summed E-state index contributed by atoms with van der Waals surface area (Å²) in [6, 6.07) is 5.34. The van der Waals surface area contributed by atoms with Crippen LogP contribution in [0.15, 0.2) is 18.2 Å². The maximum absolute atomic E-state index is 12.0. The molecule has 4 nitrogen and oxygen atoms in total. The van der Waals surface area contributed by atoms with Gasteiger partial charge >= 0.3 is 0 Å². The second-order valence-corrected chi connectivity index (χ2v) is 4.34. The second-order valence-electron chi connectivity index (χ2n) is 4.34. The molecule has 1 aliphatic heterocycles. The van der Waals surface area contributed by atoms with E-state index in [1.165, 1.54) is 12.7 Å². The summed E-state index contributed by atoms with van der Waals surface area (Å²) in [5.74, 6) is 0.249. The summed E-state index contributed by atoms with van der Waals surface area (Å²) in [7, 11) is 1.53. The van der Waals surface area contributed by atoms with E-state index in [0.717, 1.165) is 12.0 Å². The smallest absolute Gasteiger partial charge is 0.251 e. The zero-order chi connectivity index (χ0) is 12.4. The Morgan fingerprint density at radius 1 is 1.47 bits per heavy atom. The lowest BCUT2D eigenvalue weighted by atomic mass is 9.99. The van der Waals surface area contributed by atoms with E-state index in [4.69, 9.17) is 4.74 Å². The van der Waals surface area contributed by atoms with Crippen molar-refractivity contribution >= 4 is 5.91 Å². The molecule has 1 aromatic rings. The Kier molecular flexibility index (Phi) is 3.33. The third-order valence-corrected chi connectivity index (χ3v) is 3.22. The van der Waals surface area contributed by atoms with Gasteiger partial charge in [0.2, 0.25) is 0 Å². The molecule has 1 aliphatic rings. The second kappa shape index (κ2) is 4.75. The summed E-state index contributed by atoms with van der Waals surface area (Å²) >= 11 is 0. The molecule has 0 aromatic heterocycles. The van der Waals surface area contributed by atoms with Crippen molar-refractivity contribution in [1.82, 2.24) is 4.90 Å². The quantitative estimate of drug-likeness (QED) is 0.841. The van der Waals surface area contributed by atoms with Gasteiger partial charge in [-0.1, -0.05) is 6.07 Å². The molecule has 0 bridgehead atoms. The Morgan fingerprint density at radius 2 is 2.24 bits per heavy atom. The first-order chi connectivity index (χ1) is 8.11. The largest absolute Gasteiger partial charge is 0.508 e. The minimum atomic E-state index is -0.408. The normalized spacial score (nSPS) is 16.5. The van der Waals surface area contributed by atoms with Crippen LogP contribution in [0.25, 0.3) is 0 Å². The third-order valence-electron chi connectivity index (χ3n) is 3.22. The standard InChI is InChI=1S/C13H17NO3/c1-9(17-2)13(16)14-6-5-10-3-4-12(15)7-11(10)8-14/h3-4,7,9,15H,5-6,8H2,1-2H3. The van der Waals surface area contributed by atoms with Crippen LogP contribution in [0.2, 0.25) is 0 Å². The van der Waals surface area contributed by atoms with Crippen molar-refractivity contribution < 1.29 is 14.6 Å². The molecule has 17 heavy (non-hydrogen) atoms. The number of hydrogen-bond acceptors (Lipinski definition) is 3. The van der Waals surface area contributed by atoms with Crippen molar-refractivity contribution in [2.45, 2.75) is 26.0 Å². The summed E-state index contributed by atoms with van der Waals surface area (Å²) in [6.45, 7) is 3.01. The molecule has 1 heterocycles. The molecule has 0 fully saturated rings. The number of hydrogen-bond donors (Lipinski definition) is 1. The summed E-state index contributed by atoms with van der Waals surface area (Å²) in [4.78, 5) is 13.7. The maximum Gasteiger partial charge on any atom is 0.251 e.